The first-order valence-electron chi connectivity index (χ1n) is 47.9. The van der Waals surface area contributed by atoms with Crippen LogP contribution in [0.3, 0.4) is 0 Å². The maximum atomic E-state index is 12.9. The molecule has 146 heavy (non-hydrogen) atoms. The Hall–Kier alpha value is -11.6. The van der Waals surface area contributed by atoms with E-state index in [1.165, 1.54) is 73.0 Å². The molecule has 9 aromatic carbocycles. The summed E-state index contributed by atoms with van der Waals surface area (Å²) in [5.41, 5.74) is 8.06. The fourth-order valence-corrected chi connectivity index (χ4v) is 15.4. The maximum Gasteiger partial charge on any atom is 0.250 e. The van der Waals surface area contributed by atoms with Gasteiger partial charge in [-0.1, -0.05) is 166 Å². The van der Waals surface area contributed by atoms with Gasteiger partial charge in [0.2, 0.25) is 5.78 Å². The Balaban J connectivity index is 0.00000166. The van der Waals surface area contributed by atoms with Crippen LogP contribution >= 0.6 is 31.9 Å². The van der Waals surface area contributed by atoms with Crippen LogP contribution in [0.1, 0.15) is 234 Å². The predicted molar refractivity (Wildman–Crippen MR) is 601 cm³/mol. The highest BCUT2D eigenvalue weighted by molar-refractivity contribution is 9.10. The number of carbonyl (C=O) groups excluding carboxylic acids is 6. The molecule has 0 heterocycles. The number of Topliss-reactive ketones (excluding diaryl/α,β-unsaturated/α-hetero) is 4. The normalized spacial score (nSPS) is 11.6. The van der Waals surface area contributed by atoms with Gasteiger partial charge in [0.1, 0.15) is 29.8 Å². The Kier molecular flexibility index (Phi) is 61.3. The van der Waals surface area contributed by atoms with Gasteiger partial charge < -0.3 is 100 Å². The molecule has 0 aliphatic carbocycles. The maximum absolute atomic E-state index is 12.9. The van der Waals surface area contributed by atoms with Crippen LogP contribution < -0.4 is 70.1 Å². The molecule has 0 spiro atoms. The van der Waals surface area contributed by atoms with Crippen LogP contribution in [0.5, 0.6) is 103 Å². The molecule has 0 amide bonds. The summed E-state index contributed by atoms with van der Waals surface area (Å²) in [6.45, 7) is 61.4. The molecule has 32 heteroatoms. The zero-order valence-corrected chi connectivity index (χ0v) is 99.3. The third-order valence-electron chi connectivity index (χ3n) is 23.2. The van der Waals surface area contributed by atoms with E-state index >= 15 is 0 Å². The van der Waals surface area contributed by atoms with Crippen molar-refractivity contribution in [3.63, 3.8) is 0 Å². The van der Waals surface area contributed by atoms with Crippen LogP contribution in [0.25, 0.3) is 0 Å². The summed E-state index contributed by atoms with van der Waals surface area (Å²) in [4.78, 5) is 68.5. The minimum atomic E-state index is -1.91. The molecule has 9 aromatic rings. The Labute approximate surface area is 889 Å². The number of aliphatic hydroxyl groups excluding tert-OH is 1. The van der Waals surface area contributed by atoms with E-state index in [0.717, 1.165) is 64.2 Å². The number of allylic oxidation sites excluding steroid dienone is 2. The van der Waals surface area contributed by atoms with Crippen molar-refractivity contribution in [1.29, 1.82) is 0 Å². The first-order chi connectivity index (χ1) is 68.5. The Morgan fingerprint density at radius 2 is 0.692 bits per heavy atom. The SMILES string of the molecule is C=CCc1cc(C)c(O)c(OC)c1.C=CCc1cc(C)c(OC(C)C(=O)c2ccc(OCOC)c(OC)c2)c(OC)c1.CC.CC.CCC(=O)c1ccc(O[Si](C)(C)C(C)(C)C)c(OC)c1.CCC(O)c1ccc(O[Si](C)(C)C(C)(C)C)c(OC)c1.COCOc1ccc(C(=O)C(C)Br)cc1OC.COc1cc(C(=O)C(C)Br)ccc1O.COc1cc(C=O)ccc1O.COc1cc(C=O)ccc1O[Si](C)(C)C(C)(C)C. The Morgan fingerprint density at radius 3 is 1.06 bits per heavy atom. The van der Waals surface area contributed by atoms with Crippen LogP contribution in [0.2, 0.25) is 54.4 Å². The molecule has 808 valence electrons. The molecule has 0 aliphatic rings. The number of aromatic hydroxyl groups is 3. The smallest absolute Gasteiger partial charge is 0.250 e. The van der Waals surface area contributed by atoms with Gasteiger partial charge in [-0.15, -0.1) is 13.2 Å². The zero-order valence-electron chi connectivity index (χ0n) is 93.1. The van der Waals surface area contributed by atoms with Gasteiger partial charge in [0, 0.05) is 54.0 Å². The standard InChI is InChI=1S/C23H28O6.C16H28O3Si.C16H26O3Si.C14H22O3Si.C12H15BrO4.C11H14O2.C10H11BrO3.C8H8O3.2C2H6/c1-7-8-17-11-15(2)23(21(12-17)27-6)29-16(3)22(24)18-9-10-19(28-14-25-4)20(13-18)26-5;2*1-8-13(17)12-9-10-14(15(11-12)18-5)19-20(6,7)16(2,3)4;1-14(2,3)18(5,6)17-12-8-7-11(10-15)9-13(12)16-4;1-8(13)12(14)9-4-5-10(17-7-15-2)11(6-9)16-3;1-4-5-9-6-8(2)11(12)10(7-9)13-3;1-6(11)10(13)7-3-4-8(12)9(5-7)14-2;1-11-8-4-6(5-9)2-3-7(8)10;2*1-2/h7,9-13,16H,1,8,14H2,2-6H3;9-11,13,17H,8H2,1-7H3;9-11H,8H2,1-7H3;7-10H,1-6H3;4-6,8H,7H2,1-3H3;4,6-7,12H,1,5H2,2-3H3;3-6,12H,1-2H3;2-5,10H,1H3;2*1-2H3. The molecule has 4 atom stereocenters. The van der Waals surface area contributed by atoms with Gasteiger partial charge in [-0.25, -0.2) is 0 Å². The van der Waals surface area contributed by atoms with E-state index in [4.69, 9.17) is 84.7 Å². The minimum Gasteiger partial charge on any atom is -0.541 e. The highest BCUT2D eigenvalue weighted by atomic mass is 79.9. The van der Waals surface area contributed by atoms with Crippen LogP contribution in [0.15, 0.2) is 177 Å². The van der Waals surface area contributed by atoms with Gasteiger partial charge in [0.15, 0.2) is 123 Å². The first kappa shape index (κ1) is 134. The third kappa shape index (κ3) is 43.4. The summed E-state index contributed by atoms with van der Waals surface area (Å²) in [5, 5.41) is 38.2. The summed E-state index contributed by atoms with van der Waals surface area (Å²) in [5.74, 6) is 8.63. The Bertz CT molecular complexity index is 5540. The number of aldehydes is 2. The number of halogens is 2. The molecule has 0 saturated carbocycles. The van der Waals surface area contributed by atoms with E-state index in [9.17, 15) is 44.1 Å². The molecule has 4 unspecified atom stereocenters. The highest BCUT2D eigenvalue weighted by Gasteiger charge is 2.42. The van der Waals surface area contributed by atoms with Crippen molar-refractivity contribution in [2.24, 2.45) is 0 Å². The van der Waals surface area contributed by atoms with Crippen LogP contribution in [-0.2, 0) is 22.3 Å². The van der Waals surface area contributed by atoms with Crippen molar-refractivity contribution in [3.8, 4) is 103 Å². The van der Waals surface area contributed by atoms with Gasteiger partial charge in [0.05, 0.1) is 79.7 Å². The highest BCUT2D eigenvalue weighted by Crippen LogP contribution is 2.45. The fraction of sp³-hybridized carbons (Fsp3) is 0.439. The lowest BCUT2D eigenvalue weighted by atomic mass is 10.0. The number of aryl methyl sites for hydroxylation is 2. The van der Waals surface area contributed by atoms with E-state index in [1.807, 2.05) is 128 Å². The first-order valence-corrected chi connectivity index (χ1v) is 58.5. The van der Waals surface area contributed by atoms with E-state index in [1.54, 1.807) is 117 Å². The topological polar surface area (TPSA) is 340 Å². The Morgan fingerprint density at radius 1 is 0.384 bits per heavy atom. The molecule has 0 fully saturated rings. The summed E-state index contributed by atoms with van der Waals surface area (Å²) in [6, 6.07) is 43.0. The van der Waals surface area contributed by atoms with E-state index in [2.05, 4.69) is 147 Å². The third-order valence-corrected chi connectivity index (χ3v) is 37.0. The van der Waals surface area contributed by atoms with Crippen molar-refractivity contribution in [2.75, 3.05) is 91.8 Å². The van der Waals surface area contributed by atoms with E-state index in [-0.39, 0.29) is 78.7 Å². The van der Waals surface area contributed by atoms with Crippen molar-refractivity contribution in [2.45, 2.75) is 240 Å². The molecule has 0 saturated heterocycles. The molecular weight excluding hydrogens is 2050 g/mol. The molecule has 0 aliphatic heterocycles. The summed E-state index contributed by atoms with van der Waals surface area (Å²) < 4.78 is 91.9. The second-order valence-electron chi connectivity index (χ2n) is 36.8. The average Bonchev–Trinajstić information content (AvgIpc) is 0.822. The number of hydrogen-bond donors (Lipinski definition) is 4. The second-order valence-corrected chi connectivity index (χ2v) is 53.8. The summed E-state index contributed by atoms with van der Waals surface area (Å²) in [7, 11) is 11.3. The zero-order chi connectivity index (χ0) is 112. The molecule has 0 aromatic heterocycles. The van der Waals surface area contributed by atoms with Gasteiger partial charge in [-0.3, -0.25) is 28.8 Å². The number of ketones is 4. The van der Waals surface area contributed by atoms with Gasteiger partial charge >= 0.3 is 0 Å². The predicted octanol–water partition coefficient (Wildman–Crippen LogP) is 28.2. The van der Waals surface area contributed by atoms with Gasteiger partial charge in [-0.05, 0) is 270 Å². The number of hydrogen-bond acceptors (Lipinski definition) is 27. The largest absolute Gasteiger partial charge is 0.541 e. The van der Waals surface area contributed by atoms with E-state index < -0.39 is 37.2 Å². The molecule has 4 N–H and O–H groups in total. The number of aliphatic hydroxyl groups is 1. The van der Waals surface area contributed by atoms with Crippen LogP contribution in [0, 0.1) is 13.8 Å². The van der Waals surface area contributed by atoms with Crippen LogP contribution in [-0.4, -0.2) is 189 Å². The number of methoxy groups -OCH3 is 11. The van der Waals surface area contributed by atoms with Crippen molar-refractivity contribution in [1.82, 2.24) is 0 Å². The van der Waals surface area contributed by atoms with Gasteiger partial charge in [-0.2, -0.15) is 0 Å². The van der Waals surface area contributed by atoms with Crippen molar-refractivity contribution in [3.05, 3.63) is 238 Å². The number of alkyl halides is 2. The molecule has 0 bridgehead atoms. The quantitative estimate of drug-likeness (QED) is 0.00694. The van der Waals surface area contributed by atoms with Crippen molar-refractivity contribution < 1.29 is 129 Å². The minimum absolute atomic E-state index is 0.00147. The van der Waals surface area contributed by atoms with Crippen LogP contribution in [0.4, 0.5) is 0 Å². The van der Waals surface area contributed by atoms with Gasteiger partial charge in [0.25, 0.3) is 25.0 Å². The molecule has 9 rings (SSSR count). The monoisotopic (exact) mass is 2210 g/mol. The molecular formula is C114H164Br2O27Si3. The number of phenolic OH excluding ortho intramolecular Hbond substituents is 3. The second kappa shape index (κ2) is 66.6. The number of benzene rings is 9. The number of phenols is 3. The molecule has 27 nitrogen and oxygen atoms in total. The number of rotatable bonds is 39. The molecule has 0 radical (unpaired) electrons. The van der Waals surface area contributed by atoms with E-state index in [0.29, 0.717) is 122 Å². The van der Waals surface area contributed by atoms with Crippen molar-refractivity contribution >= 4 is 92.5 Å². The summed E-state index contributed by atoms with van der Waals surface area (Å²) in [6.07, 6.45) is 6.67. The lowest BCUT2D eigenvalue weighted by Gasteiger charge is -2.36. The lowest BCUT2D eigenvalue weighted by molar-refractivity contribution is 0.0490. The number of ether oxygens (including phenoxy) is 14. The average molecular weight is 2210 g/mol. The fourth-order valence-electron chi connectivity index (χ4n) is 11.8. The lowest BCUT2D eigenvalue weighted by Crippen LogP contribution is -2.43. The summed E-state index contributed by atoms with van der Waals surface area (Å²) >= 11 is 6.43. The number of carbonyl (C=O) groups is 6.